The van der Waals surface area contributed by atoms with Gasteiger partial charge >= 0.3 is 0 Å². The van der Waals surface area contributed by atoms with Crippen molar-refractivity contribution in [2.24, 2.45) is 0 Å². The van der Waals surface area contributed by atoms with Gasteiger partial charge in [0.2, 0.25) is 0 Å². The highest BCUT2D eigenvalue weighted by molar-refractivity contribution is 5.48. The van der Waals surface area contributed by atoms with Crippen LogP contribution in [0.1, 0.15) is 22.3 Å². The number of hydrogen-bond acceptors (Lipinski definition) is 2. The summed E-state index contributed by atoms with van der Waals surface area (Å²) in [7, 11) is 0. The minimum Gasteiger partial charge on any atom is -0.491 e. The topological polar surface area (TPSA) is 21.3 Å². The molecule has 0 aromatic heterocycles. The minimum absolute atomic E-state index is 0.664. The summed E-state index contributed by atoms with van der Waals surface area (Å²) >= 11 is 0. The van der Waals surface area contributed by atoms with E-state index in [0.29, 0.717) is 6.61 Å². The second kappa shape index (κ2) is 6.47. The summed E-state index contributed by atoms with van der Waals surface area (Å²) in [5.41, 5.74) is 6.24. The van der Waals surface area contributed by atoms with Crippen molar-refractivity contribution in [2.75, 3.05) is 18.5 Å². The lowest BCUT2D eigenvalue weighted by molar-refractivity contribution is 0.330. The predicted octanol–water partition coefficient (Wildman–Crippen LogP) is 4.41. The lowest BCUT2D eigenvalue weighted by Crippen LogP contribution is -2.12. The summed E-state index contributed by atoms with van der Waals surface area (Å²) < 4.78 is 5.80. The largest absolute Gasteiger partial charge is 0.491 e. The van der Waals surface area contributed by atoms with Gasteiger partial charge in [-0.1, -0.05) is 23.8 Å². The highest BCUT2D eigenvalue weighted by Gasteiger charge is 2.00. The lowest BCUT2D eigenvalue weighted by Gasteiger charge is -2.12. The van der Waals surface area contributed by atoms with Gasteiger partial charge in [-0.25, -0.2) is 0 Å². The maximum atomic E-state index is 5.80. The molecule has 2 aromatic carbocycles. The van der Waals surface area contributed by atoms with Crippen molar-refractivity contribution in [1.82, 2.24) is 0 Å². The molecule has 2 rings (SSSR count). The van der Waals surface area contributed by atoms with Gasteiger partial charge in [-0.2, -0.15) is 0 Å². The first-order valence-electron chi connectivity index (χ1n) is 7.07. The molecule has 0 aliphatic heterocycles. The van der Waals surface area contributed by atoms with Gasteiger partial charge in [0, 0.05) is 12.2 Å². The molecular formula is C18H23NO. The summed E-state index contributed by atoms with van der Waals surface area (Å²) in [4.78, 5) is 0. The number of hydrogen-bond donors (Lipinski definition) is 1. The molecule has 0 radical (unpaired) electrons. The van der Waals surface area contributed by atoms with Crippen LogP contribution in [0.25, 0.3) is 0 Å². The Bertz CT molecular complexity index is 590. The van der Waals surface area contributed by atoms with E-state index in [1.54, 1.807) is 0 Å². The summed E-state index contributed by atoms with van der Waals surface area (Å²) in [6.07, 6.45) is 0. The molecule has 0 unspecified atom stereocenters. The van der Waals surface area contributed by atoms with Crippen molar-refractivity contribution in [1.29, 1.82) is 0 Å². The molecule has 0 saturated heterocycles. The number of aryl methyl sites for hydroxylation is 4. The van der Waals surface area contributed by atoms with Crippen LogP contribution in [0.5, 0.6) is 5.75 Å². The molecular weight excluding hydrogens is 246 g/mol. The predicted molar refractivity (Wildman–Crippen MR) is 85.8 cm³/mol. The molecule has 0 aliphatic carbocycles. The second-order valence-electron chi connectivity index (χ2n) is 5.34. The van der Waals surface area contributed by atoms with Crippen LogP contribution in [-0.4, -0.2) is 13.2 Å². The second-order valence-corrected chi connectivity index (χ2v) is 5.34. The first-order chi connectivity index (χ1) is 9.56. The zero-order valence-electron chi connectivity index (χ0n) is 12.8. The van der Waals surface area contributed by atoms with Gasteiger partial charge in [0.1, 0.15) is 12.4 Å². The van der Waals surface area contributed by atoms with Gasteiger partial charge in [0.25, 0.3) is 0 Å². The Morgan fingerprint density at radius 3 is 2.35 bits per heavy atom. The average molecular weight is 269 g/mol. The van der Waals surface area contributed by atoms with Crippen LogP contribution in [0, 0.1) is 27.7 Å². The molecule has 0 amide bonds. The Hall–Kier alpha value is -1.96. The lowest BCUT2D eigenvalue weighted by atomic mass is 10.1. The molecule has 20 heavy (non-hydrogen) atoms. The van der Waals surface area contributed by atoms with Gasteiger partial charge in [-0.05, 0) is 62.6 Å². The third-order valence-corrected chi connectivity index (χ3v) is 3.53. The van der Waals surface area contributed by atoms with E-state index in [1.807, 2.05) is 6.07 Å². The SMILES string of the molecule is Cc1ccc(OCCNc2ccc(C)c(C)c2)c(C)c1. The number of benzene rings is 2. The van der Waals surface area contributed by atoms with E-state index < -0.39 is 0 Å². The zero-order chi connectivity index (χ0) is 14.5. The first-order valence-corrected chi connectivity index (χ1v) is 7.07. The van der Waals surface area contributed by atoms with Gasteiger partial charge in [-0.15, -0.1) is 0 Å². The van der Waals surface area contributed by atoms with E-state index in [0.717, 1.165) is 18.0 Å². The Balaban J connectivity index is 1.82. The molecule has 2 heteroatoms. The van der Waals surface area contributed by atoms with Crippen LogP contribution in [0.4, 0.5) is 5.69 Å². The van der Waals surface area contributed by atoms with Crippen LogP contribution < -0.4 is 10.1 Å². The number of ether oxygens (including phenoxy) is 1. The number of nitrogens with one attached hydrogen (secondary N) is 1. The molecule has 0 bridgehead atoms. The standard InChI is InChI=1S/C18H23NO/c1-13-5-8-18(16(4)11-13)20-10-9-19-17-7-6-14(2)15(3)12-17/h5-8,11-12,19H,9-10H2,1-4H3. The molecule has 0 atom stereocenters. The number of anilines is 1. The Morgan fingerprint density at radius 1 is 0.850 bits per heavy atom. The van der Waals surface area contributed by atoms with Crippen molar-refractivity contribution >= 4 is 5.69 Å². The summed E-state index contributed by atoms with van der Waals surface area (Å²) in [6.45, 7) is 9.90. The van der Waals surface area contributed by atoms with E-state index in [4.69, 9.17) is 4.74 Å². The molecule has 1 N–H and O–H groups in total. The highest BCUT2D eigenvalue weighted by Crippen LogP contribution is 2.18. The quantitative estimate of drug-likeness (QED) is 0.812. The third-order valence-electron chi connectivity index (χ3n) is 3.53. The summed E-state index contributed by atoms with van der Waals surface area (Å²) in [6, 6.07) is 12.7. The fourth-order valence-electron chi connectivity index (χ4n) is 2.17. The van der Waals surface area contributed by atoms with Gasteiger partial charge in [0.05, 0.1) is 0 Å². The van der Waals surface area contributed by atoms with Crippen LogP contribution >= 0.6 is 0 Å². The summed E-state index contributed by atoms with van der Waals surface area (Å²) in [5.74, 6) is 0.970. The highest BCUT2D eigenvalue weighted by atomic mass is 16.5. The molecule has 106 valence electrons. The van der Waals surface area contributed by atoms with E-state index in [1.165, 1.54) is 22.3 Å². The van der Waals surface area contributed by atoms with Gasteiger partial charge in [0.15, 0.2) is 0 Å². The van der Waals surface area contributed by atoms with Crippen molar-refractivity contribution < 1.29 is 4.74 Å². The molecule has 0 heterocycles. The van der Waals surface area contributed by atoms with E-state index in [9.17, 15) is 0 Å². The molecule has 0 fully saturated rings. The van der Waals surface area contributed by atoms with Crippen molar-refractivity contribution in [3.8, 4) is 5.75 Å². The number of rotatable bonds is 5. The Morgan fingerprint density at radius 2 is 1.65 bits per heavy atom. The maximum Gasteiger partial charge on any atom is 0.122 e. The maximum absolute atomic E-state index is 5.80. The molecule has 0 saturated carbocycles. The van der Waals surface area contributed by atoms with Crippen molar-refractivity contribution in [2.45, 2.75) is 27.7 Å². The average Bonchev–Trinajstić information content (AvgIpc) is 2.40. The van der Waals surface area contributed by atoms with Crippen LogP contribution in [0.2, 0.25) is 0 Å². The summed E-state index contributed by atoms with van der Waals surface area (Å²) in [5, 5.41) is 3.39. The smallest absolute Gasteiger partial charge is 0.122 e. The molecule has 2 nitrogen and oxygen atoms in total. The van der Waals surface area contributed by atoms with Crippen LogP contribution in [0.15, 0.2) is 36.4 Å². The van der Waals surface area contributed by atoms with Gasteiger partial charge in [-0.3, -0.25) is 0 Å². The van der Waals surface area contributed by atoms with Crippen molar-refractivity contribution in [3.05, 3.63) is 58.7 Å². The first kappa shape index (κ1) is 14.4. The Kier molecular flexibility index (Phi) is 4.67. The fourth-order valence-corrected chi connectivity index (χ4v) is 2.17. The van der Waals surface area contributed by atoms with E-state index >= 15 is 0 Å². The normalized spacial score (nSPS) is 10.4. The molecule has 2 aromatic rings. The molecule has 0 aliphatic rings. The van der Waals surface area contributed by atoms with E-state index in [-0.39, 0.29) is 0 Å². The molecule has 0 spiro atoms. The zero-order valence-corrected chi connectivity index (χ0v) is 12.8. The van der Waals surface area contributed by atoms with Gasteiger partial charge < -0.3 is 10.1 Å². The van der Waals surface area contributed by atoms with Crippen molar-refractivity contribution in [3.63, 3.8) is 0 Å². The Labute approximate surface area is 121 Å². The van der Waals surface area contributed by atoms with Crippen LogP contribution in [0.3, 0.4) is 0 Å². The minimum atomic E-state index is 0.664. The van der Waals surface area contributed by atoms with Crippen LogP contribution in [-0.2, 0) is 0 Å². The van der Waals surface area contributed by atoms with E-state index in [2.05, 4.69) is 63.3 Å². The monoisotopic (exact) mass is 269 g/mol. The fraction of sp³-hybridized carbons (Fsp3) is 0.333. The third kappa shape index (κ3) is 3.77.